The molecule has 0 aliphatic carbocycles. The number of amidine groups is 2. The van der Waals surface area contributed by atoms with Crippen LogP contribution in [0.15, 0.2) is 88.6 Å². The van der Waals surface area contributed by atoms with Gasteiger partial charge in [0.15, 0.2) is 5.84 Å². The summed E-state index contributed by atoms with van der Waals surface area (Å²) in [6.45, 7) is 7.48. The molecule has 4 aromatic rings. The van der Waals surface area contributed by atoms with Gasteiger partial charge in [-0.2, -0.15) is 15.1 Å². The maximum absolute atomic E-state index is 13.1. The van der Waals surface area contributed by atoms with E-state index in [1.165, 1.54) is 27.9 Å². The second kappa shape index (κ2) is 11.1. The highest BCUT2D eigenvalue weighted by Crippen LogP contribution is 2.31. The summed E-state index contributed by atoms with van der Waals surface area (Å²) in [6.07, 6.45) is 3.72. The van der Waals surface area contributed by atoms with Crippen LogP contribution < -0.4 is 9.47 Å². The highest BCUT2D eigenvalue weighted by atomic mass is 32.2. The van der Waals surface area contributed by atoms with Crippen LogP contribution >= 0.6 is 11.8 Å². The molecule has 9 heteroatoms. The molecule has 0 fully saturated rings. The lowest BCUT2D eigenvalue weighted by Crippen LogP contribution is -2.35. The number of nitrogens with zero attached hydrogens (tertiary/aromatic N) is 4. The number of carbonyl (C=O) groups excluding carboxylic acids is 1. The molecule has 0 spiro atoms. The maximum Gasteiger partial charge on any atom is 0.283 e. The lowest BCUT2D eigenvalue weighted by molar-refractivity contribution is -0.114. The van der Waals surface area contributed by atoms with Crippen LogP contribution in [0.25, 0.3) is 17.0 Å². The summed E-state index contributed by atoms with van der Waals surface area (Å²) in [6, 6.07) is 21.9. The van der Waals surface area contributed by atoms with Crippen molar-refractivity contribution in [2.75, 3.05) is 13.2 Å². The van der Waals surface area contributed by atoms with E-state index in [2.05, 4.69) is 34.6 Å². The summed E-state index contributed by atoms with van der Waals surface area (Å²) < 4.78 is 14.1. The Morgan fingerprint density at radius 1 is 0.951 bits per heavy atom. The third-order valence-electron chi connectivity index (χ3n) is 7.14. The molecule has 0 radical (unpaired) electrons. The number of amides is 1. The fourth-order valence-electron chi connectivity index (χ4n) is 4.74. The number of hydrogen-bond donors (Lipinski definition) is 1. The third kappa shape index (κ3) is 5.40. The summed E-state index contributed by atoms with van der Waals surface area (Å²) in [5.74, 6) is 1.15. The number of aliphatic imine (C=N–C) groups is 1. The Morgan fingerprint density at radius 3 is 2.59 bits per heavy atom. The highest BCUT2D eigenvalue weighted by Gasteiger charge is 2.36. The van der Waals surface area contributed by atoms with E-state index in [0.717, 1.165) is 33.5 Å². The molecule has 1 N–H and O–H groups in total. The molecule has 8 nitrogen and oxygen atoms in total. The van der Waals surface area contributed by atoms with Gasteiger partial charge in [0.05, 0.1) is 12.1 Å². The quantitative estimate of drug-likeness (QED) is 0.253. The van der Waals surface area contributed by atoms with Crippen molar-refractivity contribution >= 4 is 50.7 Å². The average molecular weight is 564 g/mol. The molecule has 3 aromatic carbocycles. The van der Waals surface area contributed by atoms with E-state index in [1.54, 1.807) is 6.08 Å². The molecule has 206 valence electrons. The van der Waals surface area contributed by atoms with E-state index in [-0.39, 0.29) is 18.0 Å². The number of hydrogen-bond acceptors (Lipinski definition) is 6. The first-order chi connectivity index (χ1) is 19.9. The van der Waals surface area contributed by atoms with Crippen LogP contribution in [0.1, 0.15) is 22.3 Å². The molecule has 41 heavy (non-hydrogen) atoms. The molecular weight excluding hydrogens is 534 g/mol. The van der Waals surface area contributed by atoms with E-state index in [4.69, 9.17) is 14.9 Å². The van der Waals surface area contributed by atoms with Crippen molar-refractivity contribution in [2.24, 2.45) is 10.1 Å². The Hall–Kier alpha value is -4.63. The molecule has 0 atom stereocenters. The number of fused-ring (bicyclic) bond motifs is 2. The van der Waals surface area contributed by atoms with Gasteiger partial charge in [0, 0.05) is 22.7 Å². The molecule has 0 saturated carbocycles. The third-order valence-corrected chi connectivity index (χ3v) is 8.02. The van der Waals surface area contributed by atoms with E-state index in [9.17, 15) is 4.79 Å². The first-order valence-corrected chi connectivity index (χ1v) is 14.1. The SMILES string of the molecule is Cc1ccc(OCCn2cc(C=C3C(=N)N4N=C(COc5ccccc5C)SC4=NC3=O)c3ccccc32)cc1C. The number of rotatable bonds is 8. The number of aryl methyl sites for hydroxylation is 3. The summed E-state index contributed by atoms with van der Waals surface area (Å²) in [5, 5.41) is 16.7. The van der Waals surface area contributed by atoms with Crippen molar-refractivity contribution in [3.8, 4) is 11.5 Å². The number of carbonyl (C=O) groups is 1. The Labute approximate surface area is 242 Å². The molecule has 6 rings (SSSR count). The zero-order chi connectivity index (χ0) is 28.5. The number of aromatic nitrogens is 1. The summed E-state index contributed by atoms with van der Waals surface area (Å²) in [7, 11) is 0. The predicted octanol–water partition coefficient (Wildman–Crippen LogP) is 6.34. The van der Waals surface area contributed by atoms with Gasteiger partial charge in [0.1, 0.15) is 29.8 Å². The maximum atomic E-state index is 13.1. The van der Waals surface area contributed by atoms with Gasteiger partial charge in [-0.1, -0.05) is 42.5 Å². The lowest BCUT2D eigenvalue weighted by atomic mass is 10.1. The van der Waals surface area contributed by atoms with Crippen LogP contribution in [0.5, 0.6) is 11.5 Å². The van der Waals surface area contributed by atoms with Gasteiger partial charge in [-0.3, -0.25) is 10.2 Å². The van der Waals surface area contributed by atoms with E-state index < -0.39 is 5.91 Å². The van der Waals surface area contributed by atoms with Crippen molar-refractivity contribution in [1.82, 2.24) is 9.58 Å². The predicted molar refractivity (Wildman–Crippen MR) is 165 cm³/mol. The lowest BCUT2D eigenvalue weighted by Gasteiger charge is -2.20. The van der Waals surface area contributed by atoms with Crippen molar-refractivity contribution < 1.29 is 14.3 Å². The summed E-state index contributed by atoms with van der Waals surface area (Å²) >= 11 is 1.25. The molecule has 1 aromatic heterocycles. The van der Waals surface area contributed by atoms with Crippen molar-refractivity contribution in [3.63, 3.8) is 0 Å². The second-order valence-corrected chi connectivity index (χ2v) is 11.0. The van der Waals surface area contributed by atoms with Crippen molar-refractivity contribution in [2.45, 2.75) is 27.3 Å². The highest BCUT2D eigenvalue weighted by molar-refractivity contribution is 8.27. The number of nitrogens with one attached hydrogen (secondary N) is 1. The first kappa shape index (κ1) is 26.6. The van der Waals surface area contributed by atoms with Gasteiger partial charge >= 0.3 is 0 Å². The first-order valence-electron chi connectivity index (χ1n) is 13.3. The smallest absolute Gasteiger partial charge is 0.283 e. The topological polar surface area (TPSA) is 92.3 Å². The Kier molecular flexibility index (Phi) is 7.19. The van der Waals surface area contributed by atoms with Crippen LogP contribution in [0, 0.1) is 26.2 Å². The fourth-order valence-corrected chi connectivity index (χ4v) is 5.54. The fraction of sp³-hybridized carbons (Fsp3) is 0.188. The minimum absolute atomic E-state index is 0.00621. The zero-order valence-corrected chi connectivity index (χ0v) is 23.9. The van der Waals surface area contributed by atoms with Crippen LogP contribution in [-0.2, 0) is 11.3 Å². The van der Waals surface area contributed by atoms with E-state index in [1.807, 2.05) is 73.8 Å². The van der Waals surface area contributed by atoms with Gasteiger partial charge in [0.25, 0.3) is 5.91 Å². The van der Waals surface area contributed by atoms with Gasteiger partial charge in [-0.05, 0) is 79.6 Å². The van der Waals surface area contributed by atoms with E-state index in [0.29, 0.717) is 23.4 Å². The van der Waals surface area contributed by atoms with Gasteiger partial charge in [-0.15, -0.1) is 0 Å². The molecular formula is C32H29N5O3S. The summed E-state index contributed by atoms with van der Waals surface area (Å²) in [5.41, 5.74) is 5.49. The van der Waals surface area contributed by atoms with Crippen LogP contribution in [-0.4, -0.2) is 44.7 Å². The number of hydrazone groups is 1. The number of ether oxygens (including phenoxy) is 2. The molecule has 2 aliphatic rings. The van der Waals surface area contributed by atoms with E-state index >= 15 is 0 Å². The zero-order valence-electron chi connectivity index (χ0n) is 23.0. The number of benzene rings is 3. The van der Waals surface area contributed by atoms with Crippen molar-refractivity contribution in [3.05, 3.63) is 101 Å². The average Bonchev–Trinajstić information content (AvgIpc) is 3.54. The van der Waals surface area contributed by atoms with Gasteiger partial charge in [-0.25, -0.2) is 0 Å². The van der Waals surface area contributed by atoms with Gasteiger partial charge in [0.2, 0.25) is 5.17 Å². The molecule has 0 saturated heterocycles. The Morgan fingerprint density at radius 2 is 1.76 bits per heavy atom. The van der Waals surface area contributed by atoms with Crippen LogP contribution in [0.2, 0.25) is 0 Å². The number of para-hydroxylation sites is 2. The van der Waals surface area contributed by atoms with Crippen LogP contribution in [0.4, 0.5) is 0 Å². The monoisotopic (exact) mass is 563 g/mol. The summed E-state index contributed by atoms with van der Waals surface area (Å²) in [4.78, 5) is 17.3. The molecule has 1 amide bonds. The second-order valence-electron chi connectivity index (χ2n) is 9.96. The normalized spacial score (nSPS) is 15.8. The standard InChI is InChI=1S/C32H29N5O3S/c1-20-12-13-24(16-22(20)3)39-15-14-36-18-23(25-9-5-6-10-27(25)36)17-26-30(33)37-32(34-31(26)38)41-29(35-37)19-40-28-11-7-4-8-21(28)2/h4-13,16-18,33H,14-15,19H2,1-3H3. The molecule has 0 unspecified atom stereocenters. The Balaban J connectivity index is 1.21. The molecule has 2 aliphatic heterocycles. The largest absolute Gasteiger partial charge is 0.492 e. The van der Waals surface area contributed by atoms with Crippen LogP contribution in [0.3, 0.4) is 0 Å². The minimum atomic E-state index is -0.458. The number of thioether (sulfide) groups is 1. The van der Waals surface area contributed by atoms with Gasteiger partial charge < -0.3 is 14.0 Å². The molecule has 3 heterocycles. The molecule has 0 bridgehead atoms. The Bertz CT molecular complexity index is 1790. The van der Waals surface area contributed by atoms with Crippen molar-refractivity contribution in [1.29, 1.82) is 5.41 Å². The minimum Gasteiger partial charge on any atom is -0.492 e.